The number of nitrogens with one attached hydrogen (secondary N) is 1. The van der Waals surface area contributed by atoms with Gasteiger partial charge in [0.1, 0.15) is 0 Å². The van der Waals surface area contributed by atoms with Gasteiger partial charge in [-0.15, -0.1) is 0 Å². The summed E-state index contributed by atoms with van der Waals surface area (Å²) in [5.74, 6) is -0.308. The number of rotatable bonds is 4. The fraction of sp³-hybridized carbons (Fsp3) is 0.435. The van der Waals surface area contributed by atoms with Crippen LogP contribution in [0.2, 0.25) is 0 Å². The van der Waals surface area contributed by atoms with Gasteiger partial charge in [-0.25, -0.2) is 0 Å². The van der Waals surface area contributed by atoms with Gasteiger partial charge in [0.05, 0.1) is 17.8 Å². The second-order valence-corrected chi connectivity index (χ2v) is 7.99. The second kappa shape index (κ2) is 8.33. The number of nitrogens with zero attached hydrogens (tertiary/aromatic N) is 2. The number of aromatic nitrogens is 1. The molecule has 2 aromatic rings. The molecule has 152 valence electrons. The van der Waals surface area contributed by atoms with E-state index in [0.29, 0.717) is 37.6 Å². The molecule has 2 aliphatic heterocycles. The van der Waals surface area contributed by atoms with Crippen molar-refractivity contribution in [2.45, 2.75) is 26.2 Å². The van der Waals surface area contributed by atoms with Crippen LogP contribution in [0.4, 0.5) is 5.69 Å². The van der Waals surface area contributed by atoms with E-state index < -0.39 is 0 Å². The number of aryl methyl sites for hydroxylation is 1. The summed E-state index contributed by atoms with van der Waals surface area (Å²) < 4.78 is 5.56. The highest BCUT2D eigenvalue weighted by atomic mass is 16.5. The van der Waals surface area contributed by atoms with Crippen molar-refractivity contribution in [1.82, 2.24) is 9.88 Å². The number of ether oxygens (including phenoxy) is 1. The molecule has 1 spiro atoms. The zero-order valence-corrected chi connectivity index (χ0v) is 16.8. The van der Waals surface area contributed by atoms with E-state index >= 15 is 0 Å². The molecule has 1 atom stereocenters. The Kier molecular flexibility index (Phi) is 5.62. The first kappa shape index (κ1) is 19.6. The average molecular weight is 393 g/mol. The monoisotopic (exact) mass is 393 g/mol. The minimum atomic E-state index is -0.259. The van der Waals surface area contributed by atoms with E-state index in [-0.39, 0.29) is 23.1 Å². The molecule has 3 heterocycles. The third-order valence-electron chi connectivity index (χ3n) is 6.28. The molecule has 0 radical (unpaired) electrons. The molecular formula is C23H27N3O3. The fourth-order valence-electron chi connectivity index (χ4n) is 4.50. The lowest BCUT2D eigenvalue weighted by molar-refractivity contribution is -0.124. The van der Waals surface area contributed by atoms with Crippen LogP contribution in [-0.4, -0.2) is 48.0 Å². The van der Waals surface area contributed by atoms with Crippen molar-refractivity contribution in [2.75, 3.05) is 31.6 Å². The van der Waals surface area contributed by atoms with Gasteiger partial charge >= 0.3 is 0 Å². The van der Waals surface area contributed by atoms with Gasteiger partial charge in [-0.2, -0.15) is 0 Å². The van der Waals surface area contributed by atoms with Gasteiger partial charge in [0.2, 0.25) is 5.91 Å². The number of pyridine rings is 1. The van der Waals surface area contributed by atoms with Crippen molar-refractivity contribution in [1.29, 1.82) is 0 Å². The Hall–Kier alpha value is -2.73. The zero-order chi connectivity index (χ0) is 20.3. The number of likely N-dealkylation sites (tertiary alicyclic amines) is 1. The van der Waals surface area contributed by atoms with Crippen molar-refractivity contribution in [3.05, 3.63) is 59.9 Å². The van der Waals surface area contributed by atoms with E-state index in [1.54, 1.807) is 18.5 Å². The zero-order valence-electron chi connectivity index (χ0n) is 16.8. The molecule has 2 aliphatic rings. The van der Waals surface area contributed by atoms with Crippen molar-refractivity contribution in [2.24, 2.45) is 11.3 Å². The minimum Gasteiger partial charge on any atom is -0.381 e. The Labute approximate surface area is 171 Å². The Morgan fingerprint density at radius 2 is 1.97 bits per heavy atom. The first-order valence-corrected chi connectivity index (χ1v) is 10.3. The summed E-state index contributed by atoms with van der Waals surface area (Å²) in [4.78, 5) is 32.2. The van der Waals surface area contributed by atoms with Gasteiger partial charge in [0, 0.05) is 43.5 Å². The molecule has 0 saturated carbocycles. The number of anilines is 1. The van der Waals surface area contributed by atoms with E-state index in [0.717, 1.165) is 19.3 Å². The molecule has 2 fully saturated rings. The number of amides is 2. The van der Waals surface area contributed by atoms with Crippen LogP contribution in [0.15, 0.2) is 48.8 Å². The first-order valence-electron chi connectivity index (χ1n) is 10.3. The highest BCUT2D eigenvalue weighted by Gasteiger charge is 2.51. The SMILES string of the molecule is CCc1ccc(C(=O)N2CC(C(=O)Nc3cccnc3)C3(CCOCC3)C2)cc1. The molecule has 4 rings (SSSR count). The molecule has 6 nitrogen and oxygen atoms in total. The molecule has 6 heteroatoms. The Bertz CT molecular complexity index is 861. The summed E-state index contributed by atoms with van der Waals surface area (Å²) in [6.07, 6.45) is 5.84. The lowest BCUT2D eigenvalue weighted by Gasteiger charge is -2.37. The predicted octanol–water partition coefficient (Wildman–Crippen LogP) is 3.15. The molecule has 1 aromatic heterocycles. The maximum atomic E-state index is 13.2. The molecular weight excluding hydrogens is 366 g/mol. The van der Waals surface area contributed by atoms with E-state index in [1.807, 2.05) is 35.2 Å². The summed E-state index contributed by atoms with van der Waals surface area (Å²) in [5, 5.41) is 2.99. The third kappa shape index (κ3) is 4.03. The maximum Gasteiger partial charge on any atom is 0.253 e. The van der Waals surface area contributed by atoms with Gasteiger partial charge in [-0.05, 0) is 49.1 Å². The number of carbonyl (C=O) groups is 2. The van der Waals surface area contributed by atoms with Crippen LogP contribution in [0.5, 0.6) is 0 Å². The average Bonchev–Trinajstić information content (AvgIpc) is 3.13. The van der Waals surface area contributed by atoms with Crippen LogP contribution >= 0.6 is 0 Å². The van der Waals surface area contributed by atoms with Crippen LogP contribution in [0, 0.1) is 11.3 Å². The van der Waals surface area contributed by atoms with E-state index in [2.05, 4.69) is 17.2 Å². The summed E-state index contributed by atoms with van der Waals surface area (Å²) >= 11 is 0. The number of hydrogen-bond donors (Lipinski definition) is 1. The van der Waals surface area contributed by atoms with Crippen LogP contribution in [0.25, 0.3) is 0 Å². The van der Waals surface area contributed by atoms with E-state index in [9.17, 15) is 9.59 Å². The second-order valence-electron chi connectivity index (χ2n) is 7.99. The van der Waals surface area contributed by atoms with Crippen LogP contribution < -0.4 is 5.32 Å². The summed E-state index contributed by atoms with van der Waals surface area (Å²) in [6, 6.07) is 11.4. The number of hydrogen-bond acceptors (Lipinski definition) is 4. The Morgan fingerprint density at radius 1 is 1.21 bits per heavy atom. The summed E-state index contributed by atoms with van der Waals surface area (Å²) in [7, 11) is 0. The molecule has 0 aliphatic carbocycles. The Balaban J connectivity index is 1.55. The third-order valence-corrected chi connectivity index (χ3v) is 6.28. The molecule has 1 unspecified atom stereocenters. The smallest absolute Gasteiger partial charge is 0.253 e. The molecule has 1 aromatic carbocycles. The van der Waals surface area contributed by atoms with E-state index in [4.69, 9.17) is 4.74 Å². The number of benzene rings is 1. The molecule has 2 saturated heterocycles. The van der Waals surface area contributed by atoms with Crippen LogP contribution in [0.1, 0.15) is 35.7 Å². The lowest BCUT2D eigenvalue weighted by Crippen LogP contribution is -2.42. The molecule has 0 bridgehead atoms. The van der Waals surface area contributed by atoms with Gasteiger partial charge in [0.25, 0.3) is 5.91 Å². The standard InChI is InChI=1S/C23H27N3O3/c1-2-17-5-7-18(8-6-17)22(28)26-15-20(23(16-26)9-12-29-13-10-23)21(27)25-19-4-3-11-24-14-19/h3-8,11,14,20H,2,9-10,12-13,15-16H2,1H3,(H,25,27). The molecule has 29 heavy (non-hydrogen) atoms. The molecule has 2 amide bonds. The summed E-state index contributed by atoms with van der Waals surface area (Å²) in [6.45, 7) is 4.38. The normalized spacial score (nSPS) is 20.6. The lowest BCUT2D eigenvalue weighted by atomic mass is 9.71. The Morgan fingerprint density at radius 3 is 2.62 bits per heavy atom. The number of carbonyl (C=O) groups excluding carboxylic acids is 2. The molecule has 1 N–H and O–H groups in total. The van der Waals surface area contributed by atoms with Crippen molar-refractivity contribution < 1.29 is 14.3 Å². The quantitative estimate of drug-likeness (QED) is 0.866. The topological polar surface area (TPSA) is 71.5 Å². The minimum absolute atomic E-state index is 0.00445. The maximum absolute atomic E-state index is 13.2. The fourth-order valence-corrected chi connectivity index (χ4v) is 4.50. The largest absolute Gasteiger partial charge is 0.381 e. The summed E-state index contributed by atoms with van der Waals surface area (Å²) in [5.41, 5.74) is 2.33. The van der Waals surface area contributed by atoms with Gasteiger partial charge in [-0.3, -0.25) is 14.6 Å². The predicted molar refractivity (Wildman–Crippen MR) is 111 cm³/mol. The van der Waals surface area contributed by atoms with Gasteiger partial charge < -0.3 is 15.0 Å². The van der Waals surface area contributed by atoms with Crippen molar-refractivity contribution in [3.63, 3.8) is 0 Å². The highest BCUT2D eigenvalue weighted by molar-refractivity contribution is 5.97. The van der Waals surface area contributed by atoms with Crippen molar-refractivity contribution >= 4 is 17.5 Å². The van der Waals surface area contributed by atoms with Crippen molar-refractivity contribution in [3.8, 4) is 0 Å². The highest BCUT2D eigenvalue weighted by Crippen LogP contribution is 2.45. The van der Waals surface area contributed by atoms with E-state index in [1.165, 1.54) is 5.56 Å². The van der Waals surface area contributed by atoms with Crippen LogP contribution in [0.3, 0.4) is 0 Å². The van der Waals surface area contributed by atoms with Gasteiger partial charge in [0.15, 0.2) is 0 Å². The first-order chi connectivity index (χ1) is 14.1. The van der Waals surface area contributed by atoms with Crippen LogP contribution in [-0.2, 0) is 16.0 Å². The van der Waals surface area contributed by atoms with Gasteiger partial charge in [-0.1, -0.05) is 19.1 Å².